The van der Waals surface area contributed by atoms with Crippen molar-refractivity contribution in [3.8, 4) is 0 Å². The van der Waals surface area contributed by atoms with E-state index < -0.39 is 0 Å². The van der Waals surface area contributed by atoms with E-state index in [1.807, 2.05) is 4.90 Å². The van der Waals surface area contributed by atoms with Crippen LogP contribution in [0.25, 0.3) is 0 Å². The molecule has 0 heterocycles. The fraction of sp³-hybridized carbons (Fsp3) is 0.933. The molecule has 0 aromatic heterocycles. The Hall–Kier alpha value is -0.650. The highest BCUT2D eigenvalue weighted by Crippen LogP contribution is 2.29. The molecule has 3 atom stereocenters. The molecule has 5 heteroatoms. The third-order valence-corrected chi connectivity index (χ3v) is 4.14. The smallest absolute Gasteiger partial charge is 0.227 e. The lowest BCUT2D eigenvalue weighted by Gasteiger charge is -2.35. The molecule has 1 aliphatic rings. The Morgan fingerprint density at radius 3 is 2.55 bits per heavy atom. The van der Waals surface area contributed by atoms with Gasteiger partial charge in [0.05, 0.1) is 12.5 Å². The number of rotatable bonds is 8. The summed E-state index contributed by atoms with van der Waals surface area (Å²) in [6.07, 6.45) is 3.84. The van der Waals surface area contributed by atoms with E-state index >= 15 is 0 Å². The van der Waals surface area contributed by atoms with Crippen LogP contribution in [-0.4, -0.2) is 57.4 Å². The van der Waals surface area contributed by atoms with Crippen LogP contribution in [0.2, 0.25) is 0 Å². The SMILES string of the molecule is COCCCN(CCOC)C(=O)C1CC(C)CCC1N. The van der Waals surface area contributed by atoms with E-state index in [4.69, 9.17) is 15.2 Å². The number of hydrogen-bond acceptors (Lipinski definition) is 4. The van der Waals surface area contributed by atoms with Crippen LogP contribution in [0.1, 0.15) is 32.6 Å². The van der Waals surface area contributed by atoms with Crippen molar-refractivity contribution in [1.29, 1.82) is 0 Å². The zero-order valence-electron chi connectivity index (χ0n) is 13.1. The van der Waals surface area contributed by atoms with Crippen LogP contribution in [0.5, 0.6) is 0 Å². The average molecular weight is 286 g/mol. The van der Waals surface area contributed by atoms with Crippen molar-refractivity contribution in [2.75, 3.05) is 40.5 Å². The summed E-state index contributed by atoms with van der Waals surface area (Å²) in [6.45, 7) is 4.79. The van der Waals surface area contributed by atoms with Gasteiger partial charge in [-0.2, -0.15) is 0 Å². The van der Waals surface area contributed by atoms with Gasteiger partial charge in [-0.15, -0.1) is 0 Å². The molecule has 0 bridgehead atoms. The first-order valence-corrected chi connectivity index (χ1v) is 7.62. The number of hydrogen-bond donors (Lipinski definition) is 1. The van der Waals surface area contributed by atoms with Gasteiger partial charge in [0, 0.05) is 40.0 Å². The molecule has 0 aromatic carbocycles. The zero-order chi connectivity index (χ0) is 15.0. The number of methoxy groups -OCH3 is 2. The van der Waals surface area contributed by atoms with Crippen LogP contribution in [0, 0.1) is 11.8 Å². The summed E-state index contributed by atoms with van der Waals surface area (Å²) in [5, 5.41) is 0. The maximum Gasteiger partial charge on any atom is 0.227 e. The molecule has 20 heavy (non-hydrogen) atoms. The third kappa shape index (κ3) is 5.38. The topological polar surface area (TPSA) is 64.8 Å². The summed E-state index contributed by atoms with van der Waals surface area (Å²) in [5.74, 6) is 0.752. The van der Waals surface area contributed by atoms with Gasteiger partial charge >= 0.3 is 0 Å². The van der Waals surface area contributed by atoms with E-state index in [1.165, 1.54) is 0 Å². The maximum absolute atomic E-state index is 12.7. The molecule has 1 fully saturated rings. The van der Waals surface area contributed by atoms with Crippen LogP contribution >= 0.6 is 0 Å². The maximum atomic E-state index is 12.7. The Morgan fingerprint density at radius 1 is 1.20 bits per heavy atom. The number of nitrogens with zero attached hydrogens (tertiary/aromatic N) is 1. The predicted molar refractivity (Wildman–Crippen MR) is 79.4 cm³/mol. The first kappa shape index (κ1) is 17.4. The van der Waals surface area contributed by atoms with Gasteiger partial charge in [-0.3, -0.25) is 4.79 Å². The summed E-state index contributed by atoms with van der Waals surface area (Å²) in [4.78, 5) is 14.6. The second-order valence-electron chi connectivity index (χ2n) is 5.85. The molecule has 0 saturated heterocycles. The van der Waals surface area contributed by atoms with Crippen LogP contribution < -0.4 is 5.73 Å². The molecule has 5 nitrogen and oxygen atoms in total. The van der Waals surface area contributed by atoms with Gasteiger partial charge in [0.25, 0.3) is 0 Å². The van der Waals surface area contributed by atoms with Crippen LogP contribution in [0.4, 0.5) is 0 Å². The zero-order valence-corrected chi connectivity index (χ0v) is 13.1. The molecule has 1 saturated carbocycles. The van der Waals surface area contributed by atoms with Gasteiger partial charge in [-0.1, -0.05) is 6.92 Å². The molecule has 0 aliphatic heterocycles. The molecule has 1 amide bonds. The van der Waals surface area contributed by atoms with E-state index in [-0.39, 0.29) is 17.9 Å². The van der Waals surface area contributed by atoms with E-state index in [0.29, 0.717) is 32.2 Å². The fourth-order valence-electron chi connectivity index (χ4n) is 2.86. The van der Waals surface area contributed by atoms with Gasteiger partial charge in [0.15, 0.2) is 0 Å². The van der Waals surface area contributed by atoms with Gasteiger partial charge < -0.3 is 20.1 Å². The van der Waals surface area contributed by atoms with Gasteiger partial charge in [0.1, 0.15) is 0 Å². The summed E-state index contributed by atoms with van der Waals surface area (Å²) in [5.41, 5.74) is 6.16. The van der Waals surface area contributed by atoms with Crippen molar-refractivity contribution in [2.45, 2.75) is 38.6 Å². The Balaban J connectivity index is 2.59. The van der Waals surface area contributed by atoms with E-state index in [1.54, 1.807) is 14.2 Å². The van der Waals surface area contributed by atoms with Crippen LogP contribution in [0.15, 0.2) is 0 Å². The fourth-order valence-corrected chi connectivity index (χ4v) is 2.86. The molecular formula is C15H30N2O3. The molecule has 2 N–H and O–H groups in total. The van der Waals surface area contributed by atoms with Crippen LogP contribution in [0.3, 0.4) is 0 Å². The van der Waals surface area contributed by atoms with E-state index in [2.05, 4.69) is 6.92 Å². The lowest BCUT2D eigenvalue weighted by molar-refractivity contribution is -0.138. The highest BCUT2D eigenvalue weighted by Gasteiger charge is 2.33. The lowest BCUT2D eigenvalue weighted by Crippen LogP contribution is -2.48. The Morgan fingerprint density at radius 2 is 1.90 bits per heavy atom. The largest absolute Gasteiger partial charge is 0.385 e. The van der Waals surface area contributed by atoms with Crippen molar-refractivity contribution >= 4 is 5.91 Å². The normalized spacial score (nSPS) is 26.5. The van der Waals surface area contributed by atoms with Crippen molar-refractivity contribution in [1.82, 2.24) is 4.90 Å². The van der Waals surface area contributed by atoms with Gasteiger partial charge in [-0.25, -0.2) is 0 Å². The third-order valence-electron chi connectivity index (χ3n) is 4.14. The molecular weight excluding hydrogens is 256 g/mol. The molecule has 0 spiro atoms. The molecule has 0 aromatic rings. The van der Waals surface area contributed by atoms with Crippen LogP contribution in [-0.2, 0) is 14.3 Å². The van der Waals surface area contributed by atoms with Gasteiger partial charge in [-0.05, 0) is 31.6 Å². The highest BCUT2D eigenvalue weighted by molar-refractivity contribution is 5.79. The first-order chi connectivity index (χ1) is 9.60. The number of amides is 1. The highest BCUT2D eigenvalue weighted by atomic mass is 16.5. The quantitative estimate of drug-likeness (QED) is 0.682. The number of carbonyl (C=O) groups excluding carboxylic acids is 1. The van der Waals surface area contributed by atoms with Crippen molar-refractivity contribution in [2.24, 2.45) is 17.6 Å². The monoisotopic (exact) mass is 286 g/mol. The predicted octanol–water partition coefficient (Wildman–Crippen LogP) is 1.26. The molecule has 0 radical (unpaired) electrons. The van der Waals surface area contributed by atoms with E-state index in [0.717, 1.165) is 25.7 Å². The minimum atomic E-state index is -0.0295. The first-order valence-electron chi connectivity index (χ1n) is 7.62. The molecule has 118 valence electrons. The molecule has 3 unspecified atom stereocenters. The number of ether oxygens (including phenoxy) is 2. The Bertz CT molecular complexity index is 286. The average Bonchev–Trinajstić information content (AvgIpc) is 2.44. The summed E-state index contributed by atoms with van der Waals surface area (Å²) < 4.78 is 10.2. The van der Waals surface area contributed by atoms with E-state index in [9.17, 15) is 4.79 Å². The summed E-state index contributed by atoms with van der Waals surface area (Å²) >= 11 is 0. The molecule has 1 aliphatic carbocycles. The Labute approximate surface area is 122 Å². The number of nitrogens with two attached hydrogens (primary N) is 1. The van der Waals surface area contributed by atoms with Crippen molar-refractivity contribution in [3.63, 3.8) is 0 Å². The standard InChI is InChI=1S/C15H30N2O3/c1-12-5-6-14(16)13(11-12)15(18)17(8-10-20-3)7-4-9-19-2/h12-14H,4-11,16H2,1-3H3. The molecule has 1 rings (SSSR count). The second-order valence-corrected chi connectivity index (χ2v) is 5.85. The van der Waals surface area contributed by atoms with Crippen molar-refractivity contribution < 1.29 is 14.3 Å². The van der Waals surface area contributed by atoms with Gasteiger partial charge in [0.2, 0.25) is 5.91 Å². The summed E-state index contributed by atoms with van der Waals surface area (Å²) in [7, 11) is 3.34. The second kappa shape index (κ2) is 9.32. The minimum Gasteiger partial charge on any atom is -0.385 e. The summed E-state index contributed by atoms with van der Waals surface area (Å²) in [6, 6.07) is 0.00571. The minimum absolute atomic E-state index is 0.00571. The van der Waals surface area contributed by atoms with Crippen molar-refractivity contribution in [3.05, 3.63) is 0 Å². The Kier molecular flexibility index (Phi) is 8.11. The lowest BCUT2D eigenvalue weighted by atomic mass is 9.78. The number of carbonyl (C=O) groups is 1.